The molecule has 0 unspecified atom stereocenters. The van der Waals surface area contributed by atoms with E-state index in [-0.39, 0.29) is 17.6 Å². The Hall–Kier alpha value is -4.69. The lowest BCUT2D eigenvalue weighted by molar-refractivity contribution is -0.209. The summed E-state index contributed by atoms with van der Waals surface area (Å²) in [6.07, 6.45) is 5.01. The number of carbonyl (C=O) groups is 4. The van der Waals surface area contributed by atoms with Crippen molar-refractivity contribution in [3.05, 3.63) is 108 Å². The van der Waals surface area contributed by atoms with Crippen molar-refractivity contribution < 1.29 is 48.2 Å². The molecule has 2 aliphatic rings. The Morgan fingerprint density at radius 2 is 0.945 bits per heavy atom. The third-order valence-electron chi connectivity index (χ3n) is 11.6. The molecule has 2 aliphatic carbocycles. The lowest BCUT2D eigenvalue weighted by Crippen LogP contribution is -2.39. The van der Waals surface area contributed by atoms with E-state index in [0.717, 1.165) is 60.0 Å². The molecule has 0 atom stereocenters. The van der Waals surface area contributed by atoms with Gasteiger partial charge in [0.05, 0.1) is 11.1 Å². The van der Waals surface area contributed by atoms with Gasteiger partial charge in [-0.15, -0.1) is 26.3 Å². The quantitative estimate of drug-likeness (QED) is 0.0809. The van der Waals surface area contributed by atoms with Gasteiger partial charge in [0.15, 0.2) is 0 Å². The molecule has 2 aromatic rings. The van der Waals surface area contributed by atoms with Crippen LogP contribution in [0.15, 0.2) is 85.5 Å². The van der Waals surface area contributed by atoms with Gasteiger partial charge in [0.25, 0.3) is 0 Å². The molecule has 4 rings (SSSR count). The monoisotopic (exact) mass is 788 g/mol. The molecule has 0 heterocycles. The van der Waals surface area contributed by atoms with Crippen LogP contribution in [0, 0.1) is 17.3 Å². The largest absolute Gasteiger partial charge is 0.550 e. The smallest absolute Gasteiger partial charge is 0.428 e. The highest BCUT2D eigenvalue weighted by atomic mass is 28.3. The van der Waals surface area contributed by atoms with Crippen LogP contribution >= 0.6 is 0 Å². The maximum absolute atomic E-state index is 12.9. The Bertz CT molecular complexity index is 1580. The topological polar surface area (TPSA) is 124 Å². The lowest BCUT2D eigenvalue weighted by Gasteiger charge is -2.46. The Kier molecular flexibility index (Phi) is 15.9. The normalized spacial score (nSPS) is 19.7. The van der Waals surface area contributed by atoms with Gasteiger partial charge in [0, 0.05) is 0 Å². The van der Waals surface area contributed by atoms with E-state index >= 15 is 0 Å². The van der Waals surface area contributed by atoms with Crippen molar-refractivity contribution in [3.63, 3.8) is 0 Å². The molecule has 0 spiro atoms. The standard InChI is InChI=1S/C43H56O10Si2/c1-9-29-15-25-35(37(27-29)54(11-3)12-4)39(44)50-52-41(46)48-33-21-17-31(18-22-33)43(7,8)32-19-23-34(24-20-32)49-42(47)53-51-40(45)36-26-16-30(10-2)28-38(36)55(13-5)14-6/h11-16,25-28,31-34,54-55H,3-6,9-10,17-24H2,1-2,7-8H3. The molecule has 0 aromatic heterocycles. The van der Waals surface area contributed by atoms with Crippen LogP contribution in [0.3, 0.4) is 0 Å². The zero-order valence-electron chi connectivity index (χ0n) is 32.7. The maximum Gasteiger partial charge on any atom is 0.550 e. The molecule has 296 valence electrons. The highest BCUT2D eigenvalue weighted by Crippen LogP contribution is 2.49. The van der Waals surface area contributed by atoms with Crippen LogP contribution in [0.2, 0.25) is 0 Å². The summed E-state index contributed by atoms with van der Waals surface area (Å²) in [4.78, 5) is 70.2. The summed E-state index contributed by atoms with van der Waals surface area (Å²) in [7, 11) is -3.64. The number of rotatable bonds is 14. The number of ether oxygens (including phenoxy) is 2. The lowest BCUT2D eigenvalue weighted by atomic mass is 9.60. The average Bonchev–Trinajstić information content (AvgIpc) is 3.20. The fourth-order valence-electron chi connectivity index (χ4n) is 8.02. The van der Waals surface area contributed by atoms with Gasteiger partial charge in [0.1, 0.15) is 29.8 Å². The zero-order valence-corrected chi connectivity index (χ0v) is 35.0. The molecule has 0 bridgehead atoms. The van der Waals surface area contributed by atoms with E-state index in [1.807, 2.05) is 60.9 Å². The van der Waals surface area contributed by atoms with Gasteiger partial charge >= 0.3 is 24.2 Å². The average molecular weight is 789 g/mol. The fourth-order valence-corrected chi connectivity index (χ4v) is 11.4. The molecule has 0 amide bonds. The van der Waals surface area contributed by atoms with E-state index < -0.39 is 41.8 Å². The van der Waals surface area contributed by atoms with Crippen LogP contribution in [0.25, 0.3) is 0 Å². The summed E-state index contributed by atoms with van der Waals surface area (Å²) >= 11 is 0. The van der Waals surface area contributed by atoms with Crippen molar-refractivity contribution >= 4 is 52.2 Å². The van der Waals surface area contributed by atoms with Crippen LogP contribution in [-0.4, -0.2) is 54.1 Å². The molecule has 0 radical (unpaired) electrons. The highest BCUT2D eigenvalue weighted by molar-refractivity contribution is 6.83. The first kappa shape index (κ1) is 43.0. The summed E-state index contributed by atoms with van der Waals surface area (Å²) in [5, 5.41) is 1.62. The summed E-state index contributed by atoms with van der Waals surface area (Å²) in [5.74, 6) is -0.718. The zero-order chi connectivity index (χ0) is 40.1. The van der Waals surface area contributed by atoms with Crippen molar-refractivity contribution in [2.24, 2.45) is 17.3 Å². The van der Waals surface area contributed by atoms with Crippen LogP contribution in [0.4, 0.5) is 9.59 Å². The van der Waals surface area contributed by atoms with Gasteiger partial charge in [-0.2, -0.15) is 9.59 Å². The number of carbonyl (C=O) groups excluding carboxylic acids is 4. The Morgan fingerprint density at radius 3 is 1.25 bits per heavy atom. The third-order valence-corrected chi connectivity index (χ3v) is 16.0. The van der Waals surface area contributed by atoms with E-state index in [1.54, 1.807) is 12.1 Å². The molecule has 0 saturated heterocycles. The number of aryl methyl sites for hydroxylation is 2. The van der Waals surface area contributed by atoms with Crippen molar-refractivity contribution in [1.82, 2.24) is 0 Å². The molecule has 12 heteroatoms. The van der Waals surface area contributed by atoms with Gasteiger partial charge in [-0.25, -0.2) is 29.1 Å². The summed E-state index contributed by atoms with van der Waals surface area (Å²) in [5.41, 5.74) is 10.1. The highest BCUT2D eigenvalue weighted by Gasteiger charge is 2.42. The van der Waals surface area contributed by atoms with Crippen molar-refractivity contribution in [3.8, 4) is 0 Å². The number of hydrogen-bond acceptors (Lipinski definition) is 10. The molecule has 2 fully saturated rings. The Morgan fingerprint density at radius 1 is 0.600 bits per heavy atom. The summed E-state index contributed by atoms with van der Waals surface area (Å²) in [6.45, 7) is 24.2. The predicted molar refractivity (Wildman–Crippen MR) is 217 cm³/mol. The predicted octanol–water partition coefficient (Wildman–Crippen LogP) is 7.87. The Balaban J connectivity index is 1.19. The van der Waals surface area contributed by atoms with E-state index in [2.05, 4.69) is 40.2 Å². The minimum atomic E-state index is -1.82. The van der Waals surface area contributed by atoms with Crippen LogP contribution in [-0.2, 0) is 41.9 Å². The molecule has 0 N–H and O–H groups in total. The van der Waals surface area contributed by atoms with Crippen LogP contribution in [0.5, 0.6) is 0 Å². The second-order valence-corrected chi connectivity index (χ2v) is 20.2. The van der Waals surface area contributed by atoms with Gasteiger partial charge in [0.2, 0.25) is 0 Å². The molecule has 2 aromatic carbocycles. The van der Waals surface area contributed by atoms with Gasteiger partial charge in [-0.1, -0.05) is 74.8 Å². The van der Waals surface area contributed by atoms with E-state index in [9.17, 15) is 19.2 Å². The van der Waals surface area contributed by atoms with Crippen molar-refractivity contribution in [2.45, 2.75) is 104 Å². The van der Waals surface area contributed by atoms with Crippen LogP contribution < -0.4 is 10.4 Å². The fraction of sp³-hybridized carbons (Fsp3) is 0.442. The first-order valence-corrected chi connectivity index (χ1v) is 23.2. The molecule has 0 aliphatic heterocycles. The first-order chi connectivity index (χ1) is 26.4. The maximum atomic E-state index is 12.9. The van der Waals surface area contributed by atoms with E-state index in [0.29, 0.717) is 48.6 Å². The minimum absolute atomic E-state index is 0.00811. The van der Waals surface area contributed by atoms with E-state index in [1.165, 1.54) is 0 Å². The second-order valence-electron chi connectivity index (χ2n) is 15.0. The molecule has 10 nitrogen and oxygen atoms in total. The molecular weight excluding hydrogens is 733 g/mol. The van der Waals surface area contributed by atoms with Gasteiger partial charge < -0.3 is 9.47 Å². The SMILES string of the molecule is C=C[SiH](C=C)c1cc(CC)ccc1C(=O)OOC(=O)OC1CCC(C(C)(C)C2CCC(OC(=O)OOC(=O)c3ccc(CC)cc3[SiH](C=C)C=C)CC2)CC1. The molecule has 2 saturated carbocycles. The van der Waals surface area contributed by atoms with Crippen molar-refractivity contribution in [2.75, 3.05) is 0 Å². The summed E-state index contributed by atoms with van der Waals surface area (Å²) in [6, 6.07) is 11.0. The second kappa shape index (κ2) is 20.3. The van der Waals surface area contributed by atoms with E-state index in [4.69, 9.17) is 29.0 Å². The summed E-state index contributed by atoms with van der Waals surface area (Å²) < 4.78 is 11.1. The van der Waals surface area contributed by atoms with Gasteiger partial charge in [-0.05, 0) is 115 Å². The minimum Gasteiger partial charge on any atom is -0.428 e. The van der Waals surface area contributed by atoms with Gasteiger partial charge in [-0.3, -0.25) is 0 Å². The number of benzene rings is 2. The number of hydrogen-bond donors (Lipinski definition) is 0. The third kappa shape index (κ3) is 11.2. The first-order valence-electron chi connectivity index (χ1n) is 19.3. The molecular formula is C43H56O10Si2. The van der Waals surface area contributed by atoms with Crippen molar-refractivity contribution in [1.29, 1.82) is 0 Å². The van der Waals surface area contributed by atoms with Crippen LogP contribution in [0.1, 0.15) is 111 Å². The Labute approximate surface area is 328 Å². The molecule has 55 heavy (non-hydrogen) atoms.